The number of anilines is 1. The Morgan fingerprint density at radius 3 is 3.00 bits per heavy atom. The molecule has 0 amide bonds. The number of fused-ring (bicyclic) bond motifs is 1. The quantitative estimate of drug-likeness (QED) is 0.726. The van der Waals surface area contributed by atoms with Crippen LogP contribution in [0.4, 0.5) is 5.69 Å². The Labute approximate surface area is 90.6 Å². The van der Waals surface area contributed by atoms with Crippen LogP contribution in [-0.4, -0.2) is 13.7 Å². The molecule has 1 aliphatic heterocycles. The Morgan fingerprint density at radius 1 is 1.53 bits per heavy atom. The fourth-order valence-electron chi connectivity index (χ4n) is 2.30. The van der Waals surface area contributed by atoms with E-state index in [4.69, 9.17) is 10.5 Å². The molecule has 0 radical (unpaired) electrons. The number of ether oxygens (including phenoxy) is 1. The van der Waals surface area contributed by atoms with E-state index in [1.807, 2.05) is 6.07 Å². The van der Waals surface area contributed by atoms with E-state index in [2.05, 4.69) is 18.3 Å². The molecule has 0 aliphatic carbocycles. The highest BCUT2D eigenvalue weighted by molar-refractivity contribution is 5.55. The minimum Gasteiger partial charge on any atom is -0.496 e. The monoisotopic (exact) mass is 206 g/mol. The van der Waals surface area contributed by atoms with Crippen LogP contribution in [-0.2, 0) is 6.42 Å². The number of nitrogens with two attached hydrogens (primary N) is 1. The second kappa shape index (κ2) is 4.11. The first kappa shape index (κ1) is 10.3. The SMILES string of the molecule is CCC1NCCc2c(OC)cc(N)cc21. The molecule has 0 fully saturated rings. The minimum absolute atomic E-state index is 0.422. The Kier molecular flexibility index (Phi) is 2.82. The van der Waals surface area contributed by atoms with Crippen molar-refractivity contribution < 1.29 is 4.74 Å². The average Bonchev–Trinajstić information content (AvgIpc) is 2.27. The van der Waals surface area contributed by atoms with E-state index in [0.717, 1.165) is 30.8 Å². The highest BCUT2D eigenvalue weighted by atomic mass is 16.5. The second-order valence-corrected chi connectivity index (χ2v) is 3.96. The maximum absolute atomic E-state index is 5.87. The molecular weight excluding hydrogens is 188 g/mol. The van der Waals surface area contributed by atoms with Crippen LogP contribution in [0.5, 0.6) is 5.75 Å². The first-order valence-electron chi connectivity index (χ1n) is 5.46. The van der Waals surface area contributed by atoms with Gasteiger partial charge in [-0.05, 0) is 31.0 Å². The van der Waals surface area contributed by atoms with Crippen molar-refractivity contribution in [2.45, 2.75) is 25.8 Å². The Hall–Kier alpha value is -1.22. The van der Waals surface area contributed by atoms with Gasteiger partial charge >= 0.3 is 0 Å². The molecule has 0 saturated heterocycles. The summed E-state index contributed by atoms with van der Waals surface area (Å²) in [5.74, 6) is 0.935. The summed E-state index contributed by atoms with van der Waals surface area (Å²) < 4.78 is 5.38. The molecule has 3 N–H and O–H groups in total. The summed E-state index contributed by atoms with van der Waals surface area (Å²) in [6.45, 7) is 3.20. The van der Waals surface area contributed by atoms with Crippen molar-refractivity contribution in [3.05, 3.63) is 23.3 Å². The number of nitrogen functional groups attached to an aromatic ring is 1. The molecule has 15 heavy (non-hydrogen) atoms. The molecule has 2 rings (SSSR count). The van der Waals surface area contributed by atoms with Crippen LogP contribution in [0.15, 0.2) is 12.1 Å². The van der Waals surface area contributed by atoms with Crippen molar-refractivity contribution >= 4 is 5.69 Å². The number of hydrogen-bond acceptors (Lipinski definition) is 3. The highest BCUT2D eigenvalue weighted by Gasteiger charge is 2.21. The summed E-state index contributed by atoms with van der Waals surface area (Å²) in [6, 6.07) is 4.40. The van der Waals surface area contributed by atoms with E-state index < -0.39 is 0 Å². The molecule has 1 unspecified atom stereocenters. The predicted molar refractivity (Wildman–Crippen MR) is 62.1 cm³/mol. The third-order valence-electron chi connectivity index (χ3n) is 3.04. The second-order valence-electron chi connectivity index (χ2n) is 3.96. The third kappa shape index (κ3) is 1.79. The Balaban J connectivity index is 2.51. The molecule has 0 aromatic heterocycles. The van der Waals surface area contributed by atoms with Gasteiger partial charge < -0.3 is 15.8 Å². The smallest absolute Gasteiger partial charge is 0.124 e. The van der Waals surface area contributed by atoms with Gasteiger partial charge in [0.2, 0.25) is 0 Å². The van der Waals surface area contributed by atoms with Crippen LogP contribution in [0, 0.1) is 0 Å². The number of hydrogen-bond donors (Lipinski definition) is 2. The zero-order valence-electron chi connectivity index (χ0n) is 9.34. The molecule has 0 saturated carbocycles. The topological polar surface area (TPSA) is 47.3 Å². The van der Waals surface area contributed by atoms with Crippen LogP contribution in [0.1, 0.15) is 30.5 Å². The summed E-state index contributed by atoms with van der Waals surface area (Å²) in [6.07, 6.45) is 2.11. The zero-order chi connectivity index (χ0) is 10.8. The van der Waals surface area contributed by atoms with Gasteiger partial charge in [-0.25, -0.2) is 0 Å². The standard InChI is InChI=1S/C12H18N2O/c1-3-11-10-6-8(13)7-12(15-2)9(10)4-5-14-11/h6-7,11,14H,3-5,13H2,1-2H3. The number of nitrogens with one attached hydrogen (secondary N) is 1. The fraction of sp³-hybridized carbons (Fsp3) is 0.500. The van der Waals surface area contributed by atoms with Gasteiger partial charge in [-0.3, -0.25) is 0 Å². The van der Waals surface area contributed by atoms with Crippen LogP contribution < -0.4 is 15.8 Å². The molecule has 1 aliphatic rings. The van der Waals surface area contributed by atoms with Gasteiger partial charge in [0.15, 0.2) is 0 Å². The largest absolute Gasteiger partial charge is 0.496 e. The Morgan fingerprint density at radius 2 is 2.33 bits per heavy atom. The van der Waals surface area contributed by atoms with Crippen LogP contribution in [0.2, 0.25) is 0 Å². The van der Waals surface area contributed by atoms with Gasteiger partial charge in [0.25, 0.3) is 0 Å². The number of rotatable bonds is 2. The molecule has 3 heteroatoms. The number of benzene rings is 1. The van der Waals surface area contributed by atoms with E-state index in [1.165, 1.54) is 11.1 Å². The molecule has 1 atom stereocenters. The van der Waals surface area contributed by atoms with Gasteiger partial charge in [-0.15, -0.1) is 0 Å². The normalized spacial score (nSPS) is 19.7. The summed E-state index contributed by atoms with van der Waals surface area (Å²) in [4.78, 5) is 0. The molecule has 82 valence electrons. The van der Waals surface area contributed by atoms with Crippen molar-refractivity contribution in [3.63, 3.8) is 0 Å². The van der Waals surface area contributed by atoms with E-state index in [9.17, 15) is 0 Å². The predicted octanol–water partition coefficient (Wildman–Crippen LogP) is 1.87. The fourth-order valence-corrected chi connectivity index (χ4v) is 2.30. The summed E-state index contributed by atoms with van der Waals surface area (Å²) in [7, 11) is 1.71. The van der Waals surface area contributed by atoms with E-state index in [-0.39, 0.29) is 0 Å². The maximum atomic E-state index is 5.87. The highest BCUT2D eigenvalue weighted by Crippen LogP contribution is 2.34. The van der Waals surface area contributed by atoms with Crippen molar-refractivity contribution in [3.8, 4) is 5.75 Å². The van der Waals surface area contributed by atoms with E-state index in [0.29, 0.717) is 6.04 Å². The first-order chi connectivity index (χ1) is 7.26. The van der Waals surface area contributed by atoms with Gasteiger partial charge in [0.05, 0.1) is 7.11 Å². The zero-order valence-corrected chi connectivity index (χ0v) is 9.34. The summed E-state index contributed by atoms with van der Waals surface area (Å²) in [5.41, 5.74) is 9.28. The summed E-state index contributed by atoms with van der Waals surface area (Å²) in [5, 5.41) is 3.49. The minimum atomic E-state index is 0.422. The lowest BCUT2D eigenvalue weighted by Gasteiger charge is -2.27. The van der Waals surface area contributed by atoms with Crippen LogP contribution >= 0.6 is 0 Å². The lowest BCUT2D eigenvalue weighted by molar-refractivity contribution is 0.399. The lowest BCUT2D eigenvalue weighted by atomic mass is 9.91. The average molecular weight is 206 g/mol. The molecule has 1 aromatic rings. The van der Waals surface area contributed by atoms with Crippen molar-refractivity contribution in [1.82, 2.24) is 5.32 Å². The van der Waals surface area contributed by atoms with E-state index in [1.54, 1.807) is 7.11 Å². The molecule has 1 aromatic carbocycles. The first-order valence-corrected chi connectivity index (χ1v) is 5.46. The van der Waals surface area contributed by atoms with Gasteiger partial charge in [-0.2, -0.15) is 0 Å². The third-order valence-corrected chi connectivity index (χ3v) is 3.04. The molecule has 3 nitrogen and oxygen atoms in total. The van der Waals surface area contributed by atoms with Crippen molar-refractivity contribution in [2.24, 2.45) is 0 Å². The molecular formula is C12H18N2O. The Bertz CT molecular complexity index is 363. The van der Waals surface area contributed by atoms with Crippen molar-refractivity contribution in [1.29, 1.82) is 0 Å². The summed E-state index contributed by atoms with van der Waals surface area (Å²) >= 11 is 0. The van der Waals surface area contributed by atoms with E-state index >= 15 is 0 Å². The maximum Gasteiger partial charge on any atom is 0.124 e. The number of methoxy groups -OCH3 is 1. The molecule has 1 heterocycles. The molecule has 0 spiro atoms. The van der Waals surface area contributed by atoms with Gasteiger partial charge in [-0.1, -0.05) is 6.92 Å². The van der Waals surface area contributed by atoms with Crippen LogP contribution in [0.3, 0.4) is 0 Å². The molecule has 0 bridgehead atoms. The van der Waals surface area contributed by atoms with Crippen LogP contribution in [0.25, 0.3) is 0 Å². The lowest BCUT2D eigenvalue weighted by Crippen LogP contribution is -2.29. The van der Waals surface area contributed by atoms with Gasteiger partial charge in [0.1, 0.15) is 5.75 Å². The van der Waals surface area contributed by atoms with Gasteiger partial charge in [0, 0.05) is 23.4 Å². The van der Waals surface area contributed by atoms with Crippen molar-refractivity contribution in [2.75, 3.05) is 19.4 Å².